The first-order valence-electron chi connectivity index (χ1n) is 22.8. The molecule has 3 atom stereocenters. The van der Waals surface area contributed by atoms with Gasteiger partial charge in [0.25, 0.3) is 0 Å². The van der Waals surface area contributed by atoms with E-state index < -0.39 is 41.1 Å². The van der Waals surface area contributed by atoms with Crippen molar-refractivity contribution in [2.45, 2.75) is 91.0 Å². The van der Waals surface area contributed by atoms with E-state index in [0.29, 0.717) is 63.1 Å². The summed E-state index contributed by atoms with van der Waals surface area (Å²) in [5.41, 5.74) is 3.63. The Morgan fingerprint density at radius 3 is 2.43 bits per heavy atom. The number of piperazine rings is 1. The standard InChI is InChI=1S/C50H57ClF2N8O6S/c1-6-40(64)59-19-21-60(22-20-59)47-34-25-35(51)41(43(53)44(34)55-28-56-47)42-36(52)12-11-13-38(42)67-23-10-8-7-9-14-39(63)58-46(50(3,4)5)49(66)61-27-33(62)24-37(61)48(65)54-26-31-15-17-32(18-16-31)45-30(2)57-29-68-45/h6,11-13,15-18,25,28-29,33,37,46,62H,1,7-10,14,19-24,26-27H2,2-5H3,(H,54,65)(H,58,63)/t33-,37+,46-/m1/s1. The number of halogens is 3. The first kappa shape index (κ1) is 49.9. The number of likely N-dealkylation sites (tertiary alicyclic amines) is 1. The zero-order valence-electron chi connectivity index (χ0n) is 38.7. The Bertz CT molecular complexity index is 2650. The molecule has 0 radical (unpaired) electrons. The Balaban J connectivity index is 0.897. The Morgan fingerprint density at radius 2 is 1.74 bits per heavy atom. The molecule has 0 bridgehead atoms. The second-order valence-corrected chi connectivity index (χ2v) is 19.5. The van der Waals surface area contributed by atoms with E-state index in [2.05, 4.69) is 32.2 Å². The molecule has 0 aliphatic carbocycles. The van der Waals surface area contributed by atoms with Gasteiger partial charge in [-0.25, -0.2) is 23.7 Å². The lowest BCUT2D eigenvalue weighted by molar-refractivity contribution is -0.144. The third-order valence-electron chi connectivity index (χ3n) is 12.4. The molecule has 0 spiro atoms. The monoisotopic (exact) mass is 970 g/mol. The van der Waals surface area contributed by atoms with Gasteiger partial charge in [-0.05, 0) is 60.6 Å². The van der Waals surface area contributed by atoms with E-state index in [9.17, 15) is 24.3 Å². The summed E-state index contributed by atoms with van der Waals surface area (Å²) in [6, 6.07) is 11.7. The molecular formula is C50H57ClF2N8O6S. The van der Waals surface area contributed by atoms with Gasteiger partial charge in [-0.15, -0.1) is 11.3 Å². The van der Waals surface area contributed by atoms with Crippen LogP contribution in [-0.4, -0.2) is 111 Å². The molecule has 4 amide bonds. The molecule has 18 heteroatoms. The zero-order chi connectivity index (χ0) is 48.7. The van der Waals surface area contributed by atoms with E-state index in [-0.39, 0.29) is 77.7 Å². The molecule has 0 unspecified atom stereocenters. The van der Waals surface area contributed by atoms with Gasteiger partial charge in [0.1, 0.15) is 41.3 Å². The third-order valence-corrected chi connectivity index (χ3v) is 13.6. The number of nitrogens with zero attached hydrogens (tertiary/aromatic N) is 6. The normalized spacial score (nSPS) is 16.7. The highest BCUT2D eigenvalue weighted by Crippen LogP contribution is 2.43. The number of β-amino-alcohol motifs (C(OH)–C–C–N with tert-alkyl or cyclic N) is 1. The van der Waals surface area contributed by atoms with Gasteiger partial charge in [0, 0.05) is 63.1 Å². The lowest BCUT2D eigenvalue weighted by Gasteiger charge is -2.35. The highest BCUT2D eigenvalue weighted by atomic mass is 35.5. The fourth-order valence-electron chi connectivity index (χ4n) is 8.67. The van der Waals surface area contributed by atoms with E-state index >= 15 is 8.78 Å². The minimum absolute atomic E-state index is 0.0256. The van der Waals surface area contributed by atoms with Gasteiger partial charge in [0.05, 0.1) is 39.4 Å². The molecule has 4 heterocycles. The van der Waals surface area contributed by atoms with Crippen molar-refractivity contribution >= 4 is 63.3 Å². The van der Waals surface area contributed by atoms with Crippen molar-refractivity contribution in [3.05, 3.63) is 101 Å². The van der Waals surface area contributed by atoms with Gasteiger partial charge >= 0.3 is 0 Å². The SMILES string of the molecule is C=CC(=O)N1CCN(c2ncnc3c(F)c(-c4c(F)cccc4OCCCCCCC(=O)N[C@H](C(=O)N4C[C@H](O)C[C@H]4C(=O)NCc4ccc(-c5scnc5C)cc4)C(C)(C)C)c(Cl)cc23)CC1. The zero-order valence-corrected chi connectivity index (χ0v) is 40.3. The average molecular weight is 972 g/mol. The van der Waals surface area contributed by atoms with Crippen LogP contribution < -0.4 is 20.3 Å². The summed E-state index contributed by atoms with van der Waals surface area (Å²) < 4.78 is 38.0. The van der Waals surface area contributed by atoms with Crippen LogP contribution in [0.25, 0.3) is 32.5 Å². The molecule has 2 saturated heterocycles. The second kappa shape index (κ2) is 21.9. The second-order valence-electron chi connectivity index (χ2n) is 18.2. The van der Waals surface area contributed by atoms with Crippen molar-refractivity contribution in [1.29, 1.82) is 0 Å². The summed E-state index contributed by atoms with van der Waals surface area (Å²) in [7, 11) is 0. The molecule has 360 valence electrons. The van der Waals surface area contributed by atoms with Gasteiger partial charge in [-0.3, -0.25) is 19.2 Å². The fourth-order valence-corrected chi connectivity index (χ4v) is 9.77. The maximum atomic E-state index is 16.4. The van der Waals surface area contributed by atoms with Crippen LogP contribution in [0.2, 0.25) is 5.02 Å². The van der Waals surface area contributed by atoms with Gasteiger partial charge in [-0.2, -0.15) is 0 Å². The Hall–Kier alpha value is -6.04. The molecule has 3 N–H and O–H groups in total. The van der Waals surface area contributed by atoms with E-state index in [1.54, 1.807) is 27.8 Å². The number of thiazole rings is 1. The van der Waals surface area contributed by atoms with E-state index in [0.717, 1.165) is 21.7 Å². The van der Waals surface area contributed by atoms with Crippen LogP contribution in [0.3, 0.4) is 0 Å². The van der Waals surface area contributed by atoms with Crippen LogP contribution in [0.1, 0.15) is 70.6 Å². The quantitative estimate of drug-likeness (QED) is 0.0622. The molecule has 2 aliphatic heterocycles. The topological polar surface area (TPSA) is 170 Å². The van der Waals surface area contributed by atoms with Gasteiger partial charge < -0.3 is 35.2 Å². The van der Waals surface area contributed by atoms with Crippen molar-refractivity contribution in [3.8, 4) is 27.3 Å². The molecule has 7 rings (SSSR count). The number of aryl methyl sites for hydroxylation is 1. The lowest BCUT2D eigenvalue weighted by atomic mass is 9.85. The van der Waals surface area contributed by atoms with Crippen LogP contribution in [0.4, 0.5) is 14.6 Å². The Labute approximate surface area is 403 Å². The number of carbonyl (C=O) groups is 4. The van der Waals surface area contributed by atoms with Crippen molar-refractivity contribution in [2.75, 3.05) is 44.2 Å². The number of benzene rings is 3. The van der Waals surface area contributed by atoms with Crippen molar-refractivity contribution in [3.63, 3.8) is 0 Å². The smallest absolute Gasteiger partial charge is 0.246 e. The van der Waals surface area contributed by atoms with Crippen LogP contribution in [0.5, 0.6) is 5.75 Å². The summed E-state index contributed by atoms with van der Waals surface area (Å²) in [6.07, 6.45) is 4.26. The minimum atomic E-state index is -0.945. The molecule has 68 heavy (non-hydrogen) atoms. The first-order valence-corrected chi connectivity index (χ1v) is 24.1. The maximum Gasteiger partial charge on any atom is 0.246 e. The molecule has 5 aromatic rings. The van der Waals surface area contributed by atoms with Gasteiger partial charge in [-0.1, -0.05) is 82.1 Å². The van der Waals surface area contributed by atoms with Gasteiger partial charge in [0.15, 0.2) is 5.82 Å². The van der Waals surface area contributed by atoms with Crippen LogP contribution in [0.15, 0.2) is 73.0 Å². The molecule has 2 aromatic heterocycles. The van der Waals surface area contributed by atoms with Crippen molar-refractivity contribution < 1.29 is 37.8 Å². The predicted molar refractivity (Wildman–Crippen MR) is 259 cm³/mol. The van der Waals surface area contributed by atoms with Crippen molar-refractivity contribution in [2.24, 2.45) is 5.41 Å². The Morgan fingerprint density at radius 1 is 1.00 bits per heavy atom. The molecule has 14 nitrogen and oxygen atoms in total. The van der Waals surface area contributed by atoms with E-state index in [4.69, 9.17) is 16.3 Å². The summed E-state index contributed by atoms with van der Waals surface area (Å²) in [5.74, 6) is -2.28. The number of aromatic nitrogens is 3. The number of aliphatic hydroxyl groups excluding tert-OH is 1. The summed E-state index contributed by atoms with van der Waals surface area (Å²) in [6.45, 7) is 13.2. The summed E-state index contributed by atoms with van der Waals surface area (Å²) in [5, 5.41) is 16.8. The van der Waals surface area contributed by atoms with Crippen LogP contribution in [-0.2, 0) is 25.7 Å². The minimum Gasteiger partial charge on any atom is -0.493 e. The number of carbonyl (C=O) groups excluding carboxylic acids is 4. The fraction of sp³-hybridized carbons (Fsp3) is 0.420. The number of rotatable bonds is 17. The molecule has 3 aromatic carbocycles. The molecule has 2 aliphatic rings. The maximum absolute atomic E-state index is 16.4. The molecular weight excluding hydrogens is 914 g/mol. The number of anilines is 1. The number of fused-ring (bicyclic) bond motifs is 1. The predicted octanol–water partition coefficient (Wildman–Crippen LogP) is 7.63. The van der Waals surface area contributed by atoms with Gasteiger partial charge in [0.2, 0.25) is 23.6 Å². The molecule has 2 fully saturated rings. The largest absolute Gasteiger partial charge is 0.493 e. The Kier molecular flexibility index (Phi) is 16.1. The molecule has 0 saturated carbocycles. The lowest BCUT2D eigenvalue weighted by Crippen LogP contribution is -2.57. The number of aliphatic hydroxyl groups is 1. The number of ether oxygens (including phenoxy) is 1. The van der Waals surface area contributed by atoms with Crippen molar-refractivity contribution in [1.82, 2.24) is 35.4 Å². The first-order chi connectivity index (χ1) is 32.5. The highest BCUT2D eigenvalue weighted by molar-refractivity contribution is 7.13. The van der Waals surface area contributed by atoms with E-state index in [1.165, 1.54) is 35.5 Å². The average Bonchev–Trinajstić information content (AvgIpc) is 3.94. The summed E-state index contributed by atoms with van der Waals surface area (Å²) >= 11 is 8.29. The number of amides is 4. The highest BCUT2D eigenvalue weighted by Gasteiger charge is 2.44. The third kappa shape index (κ3) is 11.4. The summed E-state index contributed by atoms with van der Waals surface area (Å²) in [4.78, 5) is 71.9. The van der Waals surface area contributed by atoms with E-state index in [1.807, 2.05) is 56.9 Å². The number of unbranched alkanes of at least 4 members (excludes halogenated alkanes) is 3. The van der Waals surface area contributed by atoms with Crippen LogP contribution in [0, 0.1) is 24.0 Å². The number of hydrogen-bond donors (Lipinski definition) is 3. The number of nitrogens with one attached hydrogen (secondary N) is 2. The van der Waals surface area contributed by atoms with Crippen LogP contribution >= 0.6 is 22.9 Å². The number of hydrogen-bond acceptors (Lipinski definition) is 11.